The van der Waals surface area contributed by atoms with Crippen molar-refractivity contribution in [2.45, 2.75) is 18.5 Å². The van der Waals surface area contributed by atoms with Crippen molar-refractivity contribution in [1.29, 1.82) is 0 Å². The van der Waals surface area contributed by atoms with Gasteiger partial charge in [-0.1, -0.05) is 0 Å². The summed E-state index contributed by atoms with van der Waals surface area (Å²) in [5.41, 5.74) is -0.872. The Morgan fingerprint density at radius 3 is 2.76 bits per heavy atom. The Bertz CT molecular complexity index is 399. The fourth-order valence-corrected chi connectivity index (χ4v) is 1.90. The van der Waals surface area contributed by atoms with Crippen LogP contribution in [-0.4, -0.2) is 29.8 Å². The highest BCUT2D eigenvalue weighted by Gasteiger charge is 2.35. The lowest BCUT2D eigenvalue weighted by molar-refractivity contribution is -0.118. The number of aromatic hydroxyl groups is 1. The van der Waals surface area contributed by atoms with Gasteiger partial charge in [-0.3, -0.25) is 4.79 Å². The van der Waals surface area contributed by atoms with Gasteiger partial charge in [0, 0.05) is 12.2 Å². The van der Waals surface area contributed by atoms with Crippen LogP contribution < -0.4 is 10.6 Å². The molecule has 92 valence electrons. The molecule has 1 aliphatic heterocycles. The van der Waals surface area contributed by atoms with E-state index in [2.05, 4.69) is 10.6 Å². The summed E-state index contributed by atoms with van der Waals surface area (Å²) in [7, 11) is 0. The predicted octanol–water partition coefficient (Wildman–Crippen LogP) is 1.42. The van der Waals surface area contributed by atoms with Gasteiger partial charge in [-0.05, 0) is 37.2 Å². The number of carbonyl (C=O) groups excluding carboxylic acids is 1. The minimum atomic E-state index is -1.43. The van der Waals surface area contributed by atoms with Crippen molar-refractivity contribution in [3.8, 4) is 5.75 Å². The van der Waals surface area contributed by atoms with Crippen LogP contribution in [0.4, 0.5) is 10.1 Å². The van der Waals surface area contributed by atoms with Gasteiger partial charge in [-0.2, -0.15) is 0 Å². The number of hydrogen-bond acceptors (Lipinski definition) is 3. The zero-order valence-corrected chi connectivity index (χ0v) is 9.37. The average molecular weight is 238 g/mol. The summed E-state index contributed by atoms with van der Waals surface area (Å²) < 4.78 is 14.0. The Kier molecular flexibility index (Phi) is 3.28. The molecule has 0 bridgehead atoms. The fourth-order valence-electron chi connectivity index (χ4n) is 1.90. The van der Waals surface area contributed by atoms with E-state index in [0.29, 0.717) is 18.7 Å². The molecule has 2 rings (SSSR count). The predicted molar refractivity (Wildman–Crippen MR) is 62.7 cm³/mol. The average Bonchev–Trinajstić information content (AvgIpc) is 2.68. The number of phenols is 1. The van der Waals surface area contributed by atoms with E-state index in [1.807, 2.05) is 0 Å². The molecule has 1 heterocycles. The van der Waals surface area contributed by atoms with Crippen LogP contribution in [0, 0.1) is 0 Å². The van der Waals surface area contributed by atoms with E-state index >= 15 is 0 Å². The maximum absolute atomic E-state index is 14.0. The summed E-state index contributed by atoms with van der Waals surface area (Å²) in [6.07, 6.45) is 0.233. The molecular weight excluding hydrogens is 223 g/mol. The summed E-state index contributed by atoms with van der Waals surface area (Å²) in [6, 6.07) is 6.09. The van der Waals surface area contributed by atoms with Gasteiger partial charge >= 0.3 is 0 Å². The lowest BCUT2D eigenvalue weighted by Gasteiger charge is -2.17. The monoisotopic (exact) mass is 238 g/mol. The molecule has 1 aliphatic rings. The first-order chi connectivity index (χ1) is 8.07. The van der Waals surface area contributed by atoms with Gasteiger partial charge < -0.3 is 15.7 Å². The Morgan fingerprint density at radius 2 is 2.18 bits per heavy atom. The normalized spacial score (nSPS) is 23.6. The molecule has 1 aromatic carbocycles. The highest BCUT2D eigenvalue weighted by atomic mass is 19.1. The van der Waals surface area contributed by atoms with Gasteiger partial charge in [0.1, 0.15) is 11.4 Å². The summed E-state index contributed by atoms with van der Waals surface area (Å²) in [5.74, 6) is -0.216. The number of phenolic OH excluding ortho intramolecular Hbond substituents is 1. The number of rotatable bonds is 3. The molecule has 0 aliphatic carbocycles. The largest absolute Gasteiger partial charge is 0.508 e. The molecule has 4 nitrogen and oxygen atoms in total. The van der Waals surface area contributed by atoms with Crippen LogP contribution in [0.1, 0.15) is 12.8 Å². The number of alkyl halides is 1. The number of amides is 1. The van der Waals surface area contributed by atoms with Crippen molar-refractivity contribution in [3.63, 3.8) is 0 Å². The highest BCUT2D eigenvalue weighted by Crippen LogP contribution is 2.24. The highest BCUT2D eigenvalue weighted by molar-refractivity contribution is 5.91. The summed E-state index contributed by atoms with van der Waals surface area (Å²) >= 11 is 0. The summed E-state index contributed by atoms with van der Waals surface area (Å²) in [5, 5.41) is 14.6. The second kappa shape index (κ2) is 4.71. The Morgan fingerprint density at radius 1 is 1.47 bits per heavy atom. The summed E-state index contributed by atoms with van der Waals surface area (Å²) in [6.45, 7) is 0.846. The van der Waals surface area contributed by atoms with E-state index in [1.54, 1.807) is 12.1 Å². The lowest BCUT2D eigenvalue weighted by atomic mass is 10.0. The second-order valence-electron chi connectivity index (χ2n) is 4.35. The van der Waals surface area contributed by atoms with Crippen molar-refractivity contribution in [3.05, 3.63) is 24.3 Å². The molecule has 0 radical (unpaired) electrons. The fraction of sp³-hybridized carbons (Fsp3) is 0.417. The maximum atomic E-state index is 14.0. The molecule has 1 atom stereocenters. The van der Waals surface area contributed by atoms with E-state index in [-0.39, 0.29) is 24.6 Å². The van der Waals surface area contributed by atoms with Crippen LogP contribution in [0.15, 0.2) is 24.3 Å². The standard InChI is InChI=1S/C12H15FN2O2/c13-12(5-6-14-8-12)7-11(17)15-9-1-3-10(16)4-2-9/h1-4,14,16H,5-8H2,(H,15,17). The van der Waals surface area contributed by atoms with Crippen LogP contribution in [0.5, 0.6) is 5.75 Å². The van der Waals surface area contributed by atoms with Gasteiger partial charge in [0.05, 0.1) is 6.42 Å². The number of nitrogens with one attached hydrogen (secondary N) is 2. The van der Waals surface area contributed by atoms with E-state index in [1.165, 1.54) is 12.1 Å². The van der Waals surface area contributed by atoms with Crippen LogP contribution in [0.3, 0.4) is 0 Å². The van der Waals surface area contributed by atoms with E-state index in [9.17, 15) is 9.18 Å². The molecule has 1 saturated heterocycles. The van der Waals surface area contributed by atoms with Crippen molar-refractivity contribution < 1.29 is 14.3 Å². The van der Waals surface area contributed by atoms with E-state index in [4.69, 9.17) is 5.11 Å². The van der Waals surface area contributed by atoms with Crippen LogP contribution in [0.2, 0.25) is 0 Å². The third-order valence-electron chi connectivity index (χ3n) is 2.82. The maximum Gasteiger partial charge on any atom is 0.227 e. The Hall–Kier alpha value is -1.62. The topological polar surface area (TPSA) is 61.4 Å². The van der Waals surface area contributed by atoms with Crippen LogP contribution >= 0.6 is 0 Å². The molecule has 1 amide bonds. The molecule has 1 unspecified atom stereocenters. The van der Waals surface area contributed by atoms with Gasteiger partial charge in [0.25, 0.3) is 0 Å². The third kappa shape index (κ3) is 3.17. The zero-order valence-electron chi connectivity index (χ0n) is 9.37. The molecule has 5 heteroatoms. The molecule has 17 heavy (non-hydrogen) atoms. The first kappa shape index (κ1) is 11.9. The minimum absolute atomic E-state index is 0.130. The van der Waals surface area contributed by atoms with E-state index in [0.717, 1.165) is 0 Å². The first-order valence-corrected chi connectivity index (χ1v) is 5.56. The lowest BCUT2D eigenvalue weighted by Crippen LogP contribution is -2.31. The van der Waals surface area contributed by atoms with Gasteiger partial charge in [0.15, 0.2) is 0 Å². The number of carbonyl (C=O) groups is 1. The number of benzene rings is 1. The number of hydrogen-bond donors (Lipinski definition) is 3. The van der Waals surface area contributed by atoms with Crippen molar-refractivity contribution >= 4 is 11.6 Å². The quantitative estimate of drug-likeness (QED) is 0.698. The molecule has 0 saturated carbocycles. The third-order valence-corrected chi connectivity index (χ3v) is 2.82. The van der Waals surface area contributed by atoms with Gasteiger partial charge in [0.2, 0.25) is 5.91 Å². The smallest absolute Gasteiger partial charge is 0.227 e. The summed E-state index contributed by atoms with van der Waals surface area (Å²) in [4.78, 5) is 11.6. The SMILES string of the molecule is O=C(CC1(F)CCNC1)Nc1ccc(O)cc1. The molecule has 0 aromatic heterocycles. The van der Waals surface area contributed by atoms with Crippen LogP contribution in [0.25, 0.3) is 0 Å². The molecule has 0 spiro atoms. The molecule has 1 fully saturated rings. The first-order valence-electron chi connectivity index (χ1n) is 5.56. The minimum Gasteiger partial charge on any atom is -0.508 e. The number of anilines is 1. The van der Waals surface area contributed by atoms with Crippen molar-refractivity contribution in [2.24, 2.45) is 0 Å². The second-order valence-corrected chi connectivity index (χ2v) is 4.35. The van der Waals surface area contributed by atoms with Crippen molar-refractivity contribution in [1.82, 2.24) is 5.32 Å². The van der Waals surface area contributed by atoms with E-state index < -0.39 is 5.67 Å². The molecular formula is C12H15FN2O2. The van der Waals surface area contributed by atoms with Crippen LogP contribution in [-0.2, 0) is 4.79 Å². The Labute approximate surface area is 98.8 Å². The molecule has 1 aromatic rings. The Balaban J connectivity index is 1.91. The van der Waals surface area contributed by atoms with Crippen molar-refractivity contribution in [2.75, 3.05) is 18.4 Å². The van der Waals surface area contributed by atoms with Gasteiger partial charge in [-0.15, -0.1) is 0 Å². The zero-order chi connectivity index (χ0) is 12.3. The molecule has 3 N–H and O–H groups in total. The van der Waals surface area contributed by atoms with Gasteiger partial charge in [-0.25, -0.2) is 4.39 Å². The number of halogens is 1.